The third kappa shape index (κ3) is 2.85. The van der Waals surface area contributed by atoms with Crippen LogP contribution >= 0.6 is 22.9 Å². The molecule has 104 valence electrons. The van der Waals surface area contributed by atoms with E-state index >= 15 is 0 Å². The zero-order valence-corrected chi connectivity index (χ0v) is 12.2. The minimum absolute atomic E-state index is 0.0948. The van der Waals surface area contributed by atoms with E-state index in [9.17, 15) is 4.39 Å². The first-order valence-corrected chi connectivity index (χ1v) is 7.48. The van der Waals surface area contributed by atoms with Crippen LogP contribution in [0.25, 0.3) is 4.96 Å². The van der Waals surface area contributed by atoms with Crippen molar-refractivity contribution in [2.75, 3.05) is 0 Å². The van der Waals surface area contributed by atoms with Gasteiger partial charge >= 0.3 is 0 Å². The molecule has 2 aromatic heterocycles. The van der Waals surface area contributed by atoms with E-state index in [0.717, 1.165) is 16.2 Å². The Morgan fingerprint density at radius 3 is 3.00 bits per heavy atom. The first-order chi connectivity index (χ1) is 9.61. The molecule has 6 heteroatoms. The predicted octanol–water partition coefficient (Wildman–Crippen LogP) is 3.30. The summed E-state index contributed by atoms with van der Waals surface area (Å²) >= 11 is 7.60. The van der Waals surface area contributed by atoms with E-state index in [0.29, 0.717) is 17.9 Å². The van der Waals surface area contributed by atoms with Gasteiger partial charge in [-0.2, -0.15) is 0 Å². The Hall–Kier alpha value is -1.43. The summed E-state index contributed by atoms with van der Waals surface area (Å²) in [5, 5.41) is 2.41. The summed E-state index contributed by atoms with van der Waals surface area (Å²) in [4.78, 5) is 5.46. The van der Waals surface area contributed by atoms with Crippen LogP contribution in [0.15, 0.2) is 36.0 Å². The fraction of sp³-hybridized carbons (Fsp3) is 0.214. The molecule has 0 fully saturated rings. The molecule has 0 amide bonds. The van der Waals surface area contributed by atoms with Gasteiger partial charge in [0.25, 0.3) is 0 Å². The first-order valence-electron chi connectivity index (χ1n) is 6.22. The Morgan fingerprint density at radius 2 is 2.25 bits per heavy atom. The normalized spacial score (nSPS) is 12.9. The summed E-state index contributed by atoms with van der Waals surface area (Å²) < 4.78 is 15.0. The summed E-state index contributed by atoms with van der Waals surface area (Å²) in [6.07, 6.45) is 5.23. The highest BCUT2D eigenvalue weighted by atomic mass is 35.5. The van der Waals surface area contributed by atoms with Gasteiger partial charge in [0.2, 0.25) is 0 Å². The van der Waals surface area contributed by atoms with Gasteiger partial charge in [-0.3, -0.25) is 4.40 Å². The Bertz CT molecular complexity index is 708. The molecule has 20 heavy (non-hydrogen) atoms. The number of benzene rings is 1. The van der Waals surface area contributed by atoms with Gasteiger partial charge in [-0.1, -0.05) is 17.7 Å². The van der Waals surface area contributed by atoms with Crippen molar-refractivity contribution in [3.63, 3.8) is 0 Å². The van der Waals surface area contributed by atoms with Crippen molar-refractivity contribution in [2.24, 2.45) is 5.73 Å². The van der Waals surface area contributed by atoms with Crippen LogP contribution in [0, 0.1) is 5.82 Å². The third-order valence-corrected chi connectivity index (χ3v) is 4.23. The quantitative estimate of drug-likeness (QED) is 0.803. The van der Waals surface area contributed by atoms with Crippen molar-refractivity contribution < 1.29 is 4.39 Å². The fourth-order valence-electron chi connectivity index (χ4n) is 2.18. The average molecular weight is 310 g/mol. The number of fused-ring (bicyclic) bond motifs is 1. The van der Waals surface area contributed by atoms with Crippen LogP contribution in [0.2, 0.25) is 5.02 Å². The van der Waals surface area contributed by atoms with Crippen molar-refractivity contribution in [3.05, 3.63) is 58.1 Å². The Balaban J connectivity index is 1.70. The van der Waals surface area contributed by atoms with Gasteiger partial charge in [-0.05, 0) is 24.1 Å². The molecule has 0 aliphatic rings. The fourth-order valence-corrected chi connectivity index (χ4v) is 3.15. The maximum absolute atomic E-state index is 13.0. The molecular weight excluding hydrogens is 297 g/mol. The number of nitrogens with two attached hydrogens (primary N) is 1. The van der Waals surface area contributed by atoms with Gasteiger partial charge in [-0.15, -0.1) is 11.3 Å². The number of halogens is 2. The molecule has 1 aromatic carbocycles. The second-order valence-electron chi connectivity index (χ2n) is 4.73. The summed E-state index contributed by atoms with van der Waals surface area (Å²) in [7, 11) is 0. The van der Waals surface area contributed by atoms with Gasteiger partial charge < -0.3 is 5.73 Å². The lowest BCUT2D eigenvalue weighted by Crippen LogP contribution is -2.25. The van der Waals surface area contributed by atoms with Gasteiger partial charge in [0.05, 0.1) is 5.69 Å². The summed E-state index contributed by atoms with van der Waals surface area (Å²) in [6.45, 7) is 0. The number of nitrogens with zero attached hydrogens (tertiary/aromatic N) is 2. The van der Waals surface area contributed by atoms with E-state index in [2.05, 4.69) is 4.98 Å². The Kier molecular flexibility index (Phi) is 3.74. The maximum Gasteiger partial charge on any atom is 0.193 e. The summed E-state index contributed by atoms with van der Waals surface area (Å²) in [5.41, 5.74) is 7.96. The Labute approximate surface area is 124 Å². The van der Waals surface area contributed by atoms with Crippen LogP contribution in [0.1, 0.15) is 11.3 Å². The molecule has 0 aliphatic carbocycles. The van der Waals surface area contributed by atoms with Crippen molar-refractivity contribution in [3.8, 4) is 0 Å². The van der Waals surface area contributed by atoms with E-state index in [1.54, 1.807) is 17.4 Å². The van der Waals surface area contributed by atoms with E-state index in [1.807, 2.05) is 22.2 Å². The molecule has 0 aliphatic heterocycles. The molecule has 0 saturated carbocycles. The molecule has 3 aromatic rings. The number of rotatable bonds is 4. The standard InChI is InChI=1S/C14H13ClFN3S/c15-13-6-10(16)2-1-9(13)5-11(17)7-12-8-19-3-4-20-14(19)18-12/h1-4,6,8,11H,5,7,17H2. The van der Waals surface area contributed by atoms with Crippen LogP contribution < -0.4 is 5.73 Å². The molecule has 0 saturated heterocycles. The molecule has 0 bridgehead atoms. The first kappa shape index (κ1) is 13.5. The molecule has 1 atom stereocenters. The molecule has 3 rings (SSSR count). The molecule has 2 N–H and O–H groups in total. The van der Waals surface area contributed by atoms with Gasteiger partial charge in [0.15, 0.2) is 4.96 Å². The highest BCUT2D eigenvalue weighted by Gasteiger charge is 2.11. The second kappa shape index (κ2) is 5.52. The lowest BCUT2D eigenvalue weighted by molar-refractivity contribution is 0.623. The van der Waals surface area contributed by atoms with Crippen molar-refractivity contribution in [2.45, 2.75) is 18.9 Å². The summed E-state index contributed by atoms with van der Waals surface area (Å²) in [6, 6.07) is 4.31. The minimum Gasteiger partial charge on any atom is -0.327 e. The third-order valence-electron chi connectivity index (χ3n) is 3.11. The molecule has 0 radical (unpaired) electrons. The van der Waals surface area contributed by atoms with E-state index in [4.69, 9.17) is 17.3 Å². The van der Waals surface area contributed by atoms with Crippen LogP contribution in [-0.4, -0.2) is 15.4 Å². The van der Waals surface area contributed by atoms with Crippen LogP contribution in [0.3, 0.4) is 0 Å². The van der Waals surface area contributed by atoms with Gasteiger partial charge in [0.1, 0.15) is 5.82 Å². The zero-order valence-electron chi connectivity index (χ0n) is 10.6. The van der Waals surface area contributed by atoms with E-state index in [-0.39, 0.29) is 11.9 Å². The molecule has 2 heterocycles. The number of thiazole rings is 1. The van der Waals surface area contributed by atoms with Crippen LogP contribution in [0.5, 0.6) is 0 Å². The number of hydrogen-bond acceptors (Lipinski definition) is 3. The van der Waals surface area contributed by atoms with Crippen molar-refractivity contribution in [1.29, 1.82) is 0 Å². The maximum atomic E-state index is 13.0. The largest absolute Gasteiger partial charge is 0.327 e. The second-order valence-corrected chi connectivity index (χ2v) is 6.01. The number of imidazole rings is 1. The van der Waals surface area contributed by atoms with Gasteiger partial charge in [-0.25, -0.2) is 9.37 Å². The van der Waals surface area contributed by atoms with Crippen LogP contribution in [0.4, 0.5) is 4.39 Å². The lowest BCUT2D eigenvalue weighted by atomic mass is 10.0. The highest BCUT2D eigenvalue weighted by Crippen LogP contribution is 2.19. The minimum atomic E-state index is -0.332. The number of hydrogen-bond donors (Lipinski definition) is 1. The predicted molar refractivity (Wildman–Crippen MR) is 79.9 cm³/mol. The number of aromatic nitrogens is 2. The van der Waals surface area contributed by atoms with E-state index in [1.165, 1.54) is 12.1 Å². The molecule has 1 unspecified atom stereocenters. The average Bonchev–Trinajstić information content (AvgIpc) is 2.93. The van der Waals surface area contributed by atoms with Crippen molar-refractivity contribution in [1.82, 2.24) is 9.38 Å². The van der Waals surface area contributed by atoms with Crippen LogP contribution in [-0.2, 0) is 12.8 Å². The van der Waals surface area contributed by atoms with Gasteiger partial charge in [0, 0.05) is 35.3 Å². The topological polar surface area (TPSA) is 43.3 Å². The molecular formula is C14H13ClFN3S. The monoisotopic (exact) mass is 309 g/mol. The lowest BCUT2D eigenvalue weighted by Gasteiger charge is -2.11. The zero-order chi connectivity index (χ0) is 14.1. The smallest absolute Gasteiger partial charge is 0.193 e. The van der Waals surface area contributed by atoms with Crippen molar-refractivity contribution >= 4 is 27.9 Å². The Morgan fingerprint density at radius 1 is 1.40 bits per heavy atom. The molecule has 0 spiro atoms. The summed E-state index contributed by atoms with van der Waals surface area (Å²) in [5.74, 6) is -0.332. The molecule has 3 nitrogen and oxygen atoms in total. The highest BCUT2D eigenvalue weighted by molar-refractivity contribution is 7.15. The SMILES string of the molecule is NC(Cc1cn2ccsc2n1)Cc1ccc(F)cc1Cl. The van der Waals surface area contributed by atoms with E-state index < -0.39 is 0 Å².